The zero-order valence-corrected chi connectivity index (χ0v) is 13.0. The van der Waals surface area contributed by atoms with Crippen LogP contribution in [0.25, 0.3) is 0 Å². The van der Waals surface area contributed by atoms with E-state index in [4.69, 9.17) is 4.74 Å². The summed E-state index contributed by atoms with van der Waals surface area (Å²) in [7, 11) is 0. The third-order valence-corrected chi connectivity index (χ3v) is 3.76. The average molecular weight is 337 g/mol. The van der Waals surface area contributed by atoms with Crippen molar-refractivity contribution in [2.45, 2.75) is 31.4 Å². The Morgan fingerprint density at radius 3 is 2.88 bits per heavy atom. The summed E-state index contributed by atoms with van der Waals surface area (Å²) in [6.45, 7) is 1.12. The van der Waals surface area contributed by atoms with Gasteiger partial charge in [0, 0.05) is 24.4 Å². The second-order valence-corrected chi connectivity index (χ2v) is 5.59. The number of nitrogens with zero attached hydrogens (tertiary/aromatic N) is 1. The molecule has 2 atom stereocenters. The zero-order valence-electron chi connectivity index (χ0n) is 13.0. The first-order valence-electron chi connectivity index (χ1n) is 7.66. The number of carboxylic acid groups (broad SMARTS) is 1. The molecule has 0 aliphatic carbocycles. The van der Waals surface area contributed by atoms with Crippen LogP contribution in [0.15, 0.2) is 24.3 Å². The predicted molar refractivity (Wildman–Crippen MR) is 80.9 cm³/mol. The van der Waals surface area contributed by atoms with Gasteiger partial charge in [-0.3, -0.25) is 14.9 Å². The van der Waals surface area contributed by atoms with Crippen LogP contribution in [0, 0.1) is 10.1 Å². The minimum absolute atomic E-state index is 0.00770. The van der Waals surface area contributed by atoms with Crippen molar-refractivity contribution in [1.29, 1.82) is 0 Å². The Kier molecular flexibility index (Phi) is 6.21. The highest BCUT2D eigenvalue weighted by molar-refractivity contribution is 5.93. The number of non-ortho nitro benzene ring substituents is 1. The number of nitro groups is 1. The largest absolute Gasteiger partial charge is 0.544 e. The standard InChI is InChI=1S/C15H19N3O6/c19-14(17-10-3-1-4-11(7-10)18(22)23)8-13(15(20)21)16-9-12-5-2-6-24-12/h1,3-4,7,12-13,16H,2,5-6,8-9H2,(H,17,19)(H,20,21)/t12-,13-/m0/s1. The summed E-state index contributed by atoms with van der Waals surface area (Å²) in [5, 5.41) is 25.9. The summed E-state index contributed by atoms with van der Waals surface area (Å²) >= 11 is 0. The number of benzene rings is 1. The summed E-state index contributed by atoms with van der Waals surface area (Å²) in [6, 6.07) is 4.41. The predicted octanol–water partition coefficient (Wildman–Crippen LogP) is -1.22. The number of amides is 1. The molecule has 0 radical (unpaired) electrons. The lowest BCUT2D eigenvalue weighted by atomic mass is 10.1. The van der Waals surface area contributed by atoms with E-state index in [9.17, 15) is 24.8 Å². The molecule has 1 amide bonds. The molecule has 1 aliphatic heterocycles. The summed E-state index contributed by atoms with van der Waals surface area (Å²) in [5.74, 6) is -1.88. The van der Waals surface area contributed by atoms with Gasteiger partial charge in [0.25, 0.3) is 5.69 Å². The van der Waals surface area contributed by atoms with Gasteiger partial charge >= 0.3 is 0 Å². The van der Waals surface area contributed by atoms with E-state index in [2.05, 4.69) is 5.32 Å². The molecule has 9 nitrogen and oxygen atoms in total. The summed E-state index contributed by atoms with van der Waals surface area (Å²) in [4.78, 5) is 33.3. The number of carbonyl (C=O) groups is 2. The number of carbonyl (C=O) groups excluding carboxylic acids is 2. The Labute approximate surface area is 138 Å². The van der Waals surface area contributed by atoms with Crippen molar-refractivity contribution in [3.05, 3.63) is 34.4 Å². The molecule has 0 bridgehead atoms. The van der Waals surface area contributed by atoms with Crippen molar-refractivity contribution in [3.8, 4) is 0 Å². The topological polar surface area (TPSA) is 138 Å². The van der Waals surface area contributed by atoms with E-state index in [0.29, 0.717) is 13.2 Å². The van der Waals surface area contributed by atoms with Crippen LogP contribution in [0.3, 0.4) is 0 Å². The van der Waals surface area contributed by atoms with Gasteiger partial charge in [0.05, 0.1) is 17.3 Å². The molecule has 1 heterocycles. The molecular formula is C15H19N3O6. The molecule has 1 aliphatic rings. The van der Waals surface area contributed by atoms with E-state index in [1.165, 1.54) is 29.6 Å². The van der Waals surface area contributed by atoms with E-state index < -0.39 is 22.8 Å². The molecule has 130 valence electrons. The number of carboxylic acids is 1. The summed E-state index contributed by atoms with van der Waals surface area (Å²) < 4.78 is 5.41. The number of quaternary nitrogens is 1. The van der Waals surface area contributed by atoms with E-state index in [0.717, 1.165) is 12.8 Å². The first kappa shape index (κ1) is 17.8. The number of nitrogens with one attached hydrogen (secondary N) is 1. The molecule has 0 unspecified atom stereocenters. The SMILES string of the molecule is O=C(C[C@H]([NH2+]C[C@@H]1CCCO1)C(=O)[O-])Nc1cccc([N+](=O)[O-])c1. The molecule has 1 saturated heterocycles. The monoisotopic (exact) mass is 337 g/mol. The Hall–Kier alpha value is -2.52. The molecule has 1 aromatic rings. The number of hydrogen-bond donors (Lipinski definition) is 2. The summed E-state index contributed by atoms with van der Waals surface area (Å²) in [6.07, 6.45) is 1.52. The number of nitro benzene ring substituents is 1. The number of anilines is 1. The van der Waals surface area contributed by atoms with Crippen LogP contribution in [-0.2, 0) is 14.3 Å². The van der Waals surface area contributed by atoms with Crippen LogP contribution in [0.2, 0.25) is 0 Å². The van der Waals surface area contributed by atoms with Gasteiger partial charge in [0.1, 0.15) is 18.7 Å². The van der Waals surface area contributed by atoms with E-state index in [1.54, 1.807) is 0 Å². The molecule has 24 heavy (non-hydrogen) atoms. The van der Waals surface area contributed by atoms with Crippen molar-refractivity contribution in [3.63, 3.8) is 0 Å². The minimum Gasteiger partial charge on any atom is -0.544 e. The zero-order chi connectivity index (χ0) is 17.5. The van der Waals surface area contributed by atoms with Crippen molar-refractivity contribution >= 4 is 23.3 Å². The van der Waals surface area contributed by atoms with Crippen LogP contribution < -0.4 is 15.7 Å². The Bertz CT molecular complexity index is 615. The molecule has 0 aromatic heterocycles. The van der Waals surface area contributed by atoms with Gasteiger partial charge in [0.2, 0.25) is 5.91 Å². The molecule has 1 aromatic carbocycles. The van der Waals surface area contributed by atoms with Crippen LogP contribution >= 0.6 is 0 Å². The third kappa shape index (κ3) is 5.28. The second-order valence-electron chi connectivity index (χ2n) is 5.59. The summed E-state index contributed by atoms with van der Waals surface area (Å²) in [5.41, 5.74) is 0.0830. The van der Waals surface area contributed by atoms with Gasteiger partial charge in [-0.05, 0) is 18.9 Å². The van der Waals surface area contributed by atoms with Crippen molar-refractivity contribution in [2.24, 2.45) is 0 Å². The molecule has 2 rings (SSSR count). The van der Waals surface area contributed by atoms with Gasteiger partial charge in [-0.15, -0.1) is 0 Å². The number of aliphatic carboxylic acids is 1. The first-order chi connectivity index (χ1) is 11.5. The van der Waals surface area contributed by atoms with Gasteiger partial charge in [0.15, 0.2) is 0 Å². The van der Waals surface area contributed by atoms with Crippen LogP contribution in [0.5, 0.6) is 0 Å². The highest BCUT2D eigenvalue weighted by Crippen LogP contribution is 2.17. The van der Waals surface area contributed by atoms with Crippen molar-refractivity contribution < 1.29 is 29.7 Å². The first-order valence-corrected chi connectivity index (χ1v) is 7.66. The number of nitrogens with two attached hydrogens (primary N) is 1. The maximum absolute atomic E-state index is 12.0. The molecule has 3 N–H and O–H groups in total. The fraction of sp³-hybridized carbons (Fsp3) is 0.467. The van der Waals surface area contributed by atoms with Crippen molar-refractivity contribution in [1.82, 2.24) is 0 Å². The highest BCUT2D eigenvalue weighted by Gasteiger charge is 2.23. The Balaban J connectivity index is 1.88. The fourth-order valence-corrected chi connectivity index (χ4v) is 2.52. The highest BCUT2D eigenvalue weighted by atomic mass is 16.6. The van der Waals surface area contributed by atoms with Crippen LogP contribution in [-0.4, -0.2) is 42.1 Å². The van der Waals surface area contributed by atoms with Crippen molar-refractivity contribution in [2.75, 3.05) is 18.5 Å². The number of ether oxygens (including phenoxy) is 1. The van der Waals surface area contributed by atoms with Crippen LogP contribution in [0.1, 0.15) is 19.3 Å². The van der Waals surface area contributed by atoms with Gasteiger partial charge in [-0.25, -0.2) is 0 Å². The van der Waals surface area contributed by atoms with Crippen LogP contribution in [0.4, 0.5) is 11.4 Å². The Morgan fingerprint density at radius 2 is 2.25 bits per heavy atom. The second kappa shape index (κ2) is 8.37. The molecular weight excluding hydrogens is 318 g/mol. The van der Waals surface area contributed by atoms with Gasteiger partial charge in [-0.2, -0.15) is 0 Å². The average Bonchev–Trinajstić information content (AvgIpc) is 3.04. The fourth-order valence-electron chi connectivity index (χ4n) is 2.52. The maximum atomic E-state index is 12.0. The lowest BCUT2D eigenvalue weighted by molar-refractivity contribution is -0.687. The van der Waals surface area contributed by atoms with E-state index in [-0.39, 0.29) is 23.9 Å². The normalized spacial score (nSPS) is 18.1. The molecule has 0 spiro atoms. The third-order valence-electron chi connectivity index (χ3n) is 3.76. The minimum atomic E-state index is -1.33. The van der Waals surface area contributed by atoms with Gasteiger partial charge in [-0.1, -0.05) is 6.07 Å². The lowest BCUT2D eigenvalue weighted by Gasteiger charge is -2.18. The Morgan fingerprint density at radius 1 is 1.46 bits per heavy atom. The maximum Gasteiger partial charge on any atom is 0.271 e. The van der Waals surface area contributed by atoms with E-state index in [1.807, 2.05) is 0 Å². The number of rotatable bonds is 8. The van der Waals surface area contributed by atoms with E-state index >= 15 is 0 Å². The van der Waals surface area contributed by atoms with Gasteiger partial charge < -0.3 is 25.3 Å². The smallest absolute Gasteiger partial charge is 0.271 e. The number of hydrogen-bond acceptors (Lipinski definition) is 6. The molecule has 1 fully saturated rings. The molecule has 0 saturated carbocycles. The molecule has 9 heteroatoms. The quantitative estimate of drug-likeness (QED) is 0.450. The lowest BCUT2D eigenvalue weighted by Crippen LogP contribution is -2.94.